The minimum Gasteiger partial charge on any atom is -0.341 e. The number of hydrogen-bond donors (Lipinski definition) is 0. The fourth-order valence-corrected chi connectivity index (χ4v) is 3.58. The number of carbonyl (C=O) groups excluding carboxylic acids is 1. The van der Waals surface area contributed by atoms with E-state index in [0.29, 0.717) is 31.2 Å². The molecule has 1 amide bonds. The van der Waals surface area contributed by atoms with E-state index >= 15 is 0 Å². The topological polar surface area (TPSA) is 72.1 Å². The predicted molar refractivity (Wildman–Crippen MR) is 112 cm³/mol. The van der Waals surface area contributed by atoms with Crippen LogP contribution in [0.5, 0.6) is 0 Å². The molecular formula is C24H20N4O2. The van der Waals surface area contributed by atoms with E-state index in [0.717, 1.165) is 16.7 Å². The molecule has 0 saturated carbocycles. The van der Waals surface area contributed by atoms with Crippen LogP contribution < -0.4 is 0 Å². The van der Waals surface area contributed by atoms with E-state index in [2.05, 4.69) is 39.4 Å². The molecule has 0 unspecified atom stereocenters. The number of hydrogen-bond acceptors (Lipinski definition) is 5. The monoisotopic (exact) mass is 396 g/mol. The van der Waals surface area contributed by atoms with Crippen LogP contribution in [0, 0.1) is 0 Å². The second kappa shape index (κ2) is 7.91. The highest BCUT2D eigenvalue weighted by Gasteiger charge is 2.35. The highest BCUT2D eigenvalue weighted by atomic mass is 16.5. The second-order valence-electron chi connectivity index (χ2n) is 7.43. The first kappa shape index (κ1) is 18.2. The van der Waals surface area contributed by atoms with Crippen LogP contribution in [0.15, 0.2) is 83.6 Å². The van der Waals surface area contributed by atoms with Crippen molar-refractivity contribution < 1.29 is 9.32 Å². The predicted octanol–water partition coefficient (Wildman–Crippen LogP) is 3.97. The van der Waals surface area contributed by atoms with Gasteiger partial charge in [-0.2, -0.15) is 4.98 Å². The zero-order valence-corrected chi connectivity index (χ0v) is 16.3. The lowest BCUT2D eigenvalue weighted by Crippen LogP contribution is -2.49. The fourth-order valence-electron chi connectivity index (χ4n) is 3.58. The summed E-state index contributed by atoms with van der Waals surface area (Å²) in [6.07, 6.45) is 3.80. The van der Waals surface area contributed by atoms with Crippen LogP contribution in [0.3, 0.4) is 0 Å². The Kier molecular flexibility index (Phi) is 4.81. The van der Waals surface area contributed by atoms with Crippen LogP contribution >= 0.6 is 0 Å². The molecule has 4 aromatic rings. The summed E-state index contributed by atoms with van der Waals surface area (Å²) in [6, 6.07) is 22.1. The minimum absolute atomic E-state index is 0.0901. The maximum Gasteiger partial charge on any atom is 0.233 e. The van der Waals surface area contributed by atoms with Gasteiger partial charge in [0.1, 0.15) is 0 Å². The van der Waals surface area contributed by atoms with Gasteiger partial charge in [-0.1, -0.05) is 59.8 Å². The summed E-state index contributed by atoms with van der Waals surface area (Å²) >= 11 is 0. The Hall–Kier alpha value is -3.80. The van der Waals surface area contributed by atoms with Crippen LogP contribution in [0.4, 0.5) is 0 Å². The summed E-state index contributed by atoms with van der Waals surface area (Å²) in [4.78, 5) is 23.0. The third kappa shape index (κ3) is 3.72. The van der Waals surface area contributed by atoms with Gasteiger partial charge in [-0.3, -0.25) is 9.78 Å². The third-order valence-electron chi connectivity index (χ3n) is 5.36. The molecule has 6 nitrogen and oxygen atoms in total. The van der Waals surface area contributed by atoms with Crippen molar-refractivity contribution in [3.8, 4) is 22.5 Å². The number of likely N-dealkylation sites (tertiary alicyclic amines) is 1. The van der Waals surface area contributed by atoms with E-state index in [4.69, 9.17) is 4.52 Å². The molecule has 0 N–H and O–H groups in total. The molecule has 0 aliphatic carbocycles. The Morgan fingerprint density at radius 3 is 2.40 bits per heavy atom. The van der Waals surface area contributed by atoms with Crippen molar-refractivity contribution >= 4 is 5.91 Å². The van der Waals surface area contributed by atoms with Gasteiger partial charge in [0.15, 0.2) is 0 Å². The molecule has 0 radical (unpaired) electrons. The van der Waals surface area contributed by atoms with Gasteiger partial charge in [0.05, 0.1) is 12.3 Å². The molecule has 1 aliphatic rings. The van der Waals surface area contributed by atoms with Gasteiger partial charge in [0.2, 0.25) is 17.6 Å². The highest BCUT2D eigenvalue weighted by molar-refractivity contribution is 5.80. The normalized spacial score (nSPS) is 13.8. The van der Waals surface area contributed by atoms with Crippen molar-refractivity contribution in [2.75, 3.05) is 13.1 Å². The van der Waals surface area contributed by atoms with Gasteiger partial charge >= 0.3 is 0 Å². The fraction of sp³-hybridized carbons (Fsp3) is 0.167. The summed E-state index contributed by atoms with van der Waals surface area (Å²) < 4.78 is 5.40. The summed E-state index contributed by atoms with van der Waals surface area (Å²) in [5, 5.41) is 4.03. The Bertz CT molecular complexity index is 1130. The zero-order chi connectivity index (χ0) is 20.3. The smallest absolute Gasteiger partial charge is 0.233 e. The first-order chi connectivity index (χ1) is 14.8. The lowest BCUT2D eigenvalue weighted by atomic mass is 9.98. The van der Waals surface area contributed by atoms with Gasteiger partial charge in [-0.25, -0.2) is 0 Å². The average Bonchev–Trinajstić information content (AvgIpc) is 3.24. The standard InChI is InChI=1S/C24H20N4O2/c29-22(13-17-8-10-19(11-9-17)18-5-2-1-3-6-18)28-15-21(16-28)24-26-23(27-30-24)20-7-4-12-25-14-20/h1-12,14,21H,13,15-16H2. The maximum absolute atomic E-state index is 12.6. The van der Waals surface area contributed by atoms with Gasteiger partial charge in [0, 0.05) is 31.0 Å². The number of carbonyl (C=O) groups is 1. The Balaban J connectivity index is 1.17. The molecule has 1 aliphatic heterocycles. The molecule has 0 bridgehead atoms. The van der Waals surface area contributed by atoms with E-state index in [1.54, 1.807) is 12.4 Å². The zero-order valence-electron chi connectivity index (χ0n) is 16.3. The first-order valence-corrected chi connectivity index (χ1v) is 9.92. The van der Waals surface area contributed by atoms with Crippen LogP contribution in [-0.4, -0.2) is 39.0 Å². The summed E-state index contributed by atoms with van der Waals surface area (Å²) in [7, 11) is 0. The molecule has 1 saturated heterocycles. The van der Waals surface area contributed by atoms with Crippen molar-refractivity contribution in [1.29, 1.82) is 0 Å². The van der Waals surface area contributed by atoms with Gasteiger partial charge in [-0.05, 0) is 28.8 Å². The van der Waals surface area contributed by atoms with Gasteiger partial charge in [-0.15, -0.1) is 0 Å². The number of aromatic nitrogens is 3. The number of rotatable bonds is 5. The molecule has 148 valence electrons. The summed E-state index contributed by atoms with van der Waals surface area (Å²) in [5.41, 5.74) is 4.15. The molecular weight excluding hydrogens is 376 g/mol. The van der Waals surface area contributed by atoms with E-state index in [1.807, 2.05) is 47.4 Å². The van der Waals surface area contributed by atoms with Crippen molar-refractivity contribution in [3.05, 3.63) is 90.6 Å². The number of nitrogens with zero attached hydrogens (tertiary/aromatic N) is 4. The first-order valence-electron chi connectivity index (χ1n) is 9.92. The second-order valence-corrected chi connectivity index (χ2v) is 7.43. The molecule has 30 heavy (non-hydrogen) atoms. The molecule has 2 aromatic heterocycles. The van der Waals surface area contributed by atoms with E-state index in [-0.39, 0.29) is 11.8 Å². The molecule has 6 heteroatoms. The van der Waals surface area contributed by atoms with Crippen LogP contribution in [0.1, 0.15) is 17.4 Å². The highest BCUT2D eigenvalue weighted by Crippen LogP contribution is 2.28. The molecule has 1 fully saturated rings. The molecule has 3 heterocycles. The molecule has 0 atom stereocenters. The Morgan fingerprint density at radius 2 is 1.67 bits per heavy atom. The van der Waals surface area contributed by atoms with Gasteiger partial charge in [0.25, 0.3) is 0 Å². The Labute approximate surface area is 174 Å². The molecule has 5 rings (SSSR count). The van der Waals surface area contributed by atoms with Crippen LogP contribution in [0.25, 0.3) is 22.5 Å². The van der Waals surface area contributed by atoms with Crippen LogP contribution in [0.2, 0.25) is 0 Å². The lowest BCUT2D eigenvalue weighted by Gasteiger charge is -2.37. The van der Waals surface area contributed by atoms with E-state index in [1.165, 1.54) is 5.56 Å². The maximum atomic E-state index is 12.6. The molecule has 2 aromatic carbocycles. The van der Waals surface area contributed by atoms with Crippen LogP contribution in [-0.2, 0) is 11.2 Å². The number of pyridine rings is 1. The summed E-state index contributed by atoms with van der Waals surface area (Å²) in [6.45, 7) is 1.21. The van der Waals surface area contributed by atoms with Crippen molar-refractivity contribution in [3.63, 3.8) is 0 Å². The van der Waals surface area contributed by atoms with Crippen molar-refractivity contribution in [1.82, 2.24) is 20.0 Å². The lowest BCUT2D eigenvalue weighted by molar-refractivity contribution is -0.135. The minimum atomic E-state index is 0.0901. The molecule has 0 spiro atoms. The number of benzene rings is 2. The largest absolute Gasteiger partial charge is 0.341 e. The quantitative estimate of drug-likeness (QED) is 0.510. The van der Waals surface area contributed by atoms with E-state index in [9.17, 15) is 4.79 Å². The van der Waals surface area contributed by atoms with Crippen molar-refractivity contribution in [2.45, 2.75) is 12.3 Å². The summed E-state index contributed by atoms with van der Waals surface area (Å²) in [5.74, 6) is 1.31. The third-order valence-corrected chi connectivity index (χ3v) is 5.36. The van der Waals surface area contributed by atoms with Crippen molar-refractivity contribution in [2.24, 2.45) is 0 Å². The SMILES string of the molecule is O=C(Cc1ccc(-c2ccccc2)cc1)N1CC(c2nc(-c3cccnc3)no2)C1. The average molecular weight is 396 g/mol. The van der Waals surface area contributed by atoms with E-state index < -0.39 is 0 Å². The Morgan fingerprint density at radius 1 is 0.933 bits per heavy atom. The number of amides is 1. The van der Waals surface area contributed by atoms with Gasteiger partial charge < -0.3 is 9.42 Å².